The first kappa shape index (κ1) is 31.8. The molecule has 1 aliphatic rings. The Kier molecular flexibility index (Phi) is 8.27. The average molecular weight is 633 g/mol. The molecular formula is C38H36N2O7. The number of aliphatic hydroxyl groups is 1. The SMILES string of the molecule is CC(C)(C)OC(=O)[C@@]1(O)[C@H](Cc2ccccc2)[C@H](c2cccc3ccccc23)[C@H]([N+](=O)[O-])[C@@H](c2cccc3ccccc23)[C@@H]1[N+](=O)[O-]. The molecule has 0 spiro atoms. The summed E-state index contributed by atoms with van der Waals surface area (Å²) < 4.78 is 5.80. The summed E-state index contributed by atoms with van der Waals surface area (Å²) in [7, 11) is 0. The van der Waals surface area contributed by atoms with Crippen LogP contribution in [-0.4, -0.2) is 44.2 Å². The normalized spacial score (nSPS) is 24.6. The van der Waals surface area contributed by atoms with Gasteiger partial charge in [0, 0.05) is 15.8 Å². The molecule has 47 heavy (non-hydrogen) atoms. The van der Waals surface area contributed by atoms with E-state index in [0.29, 0.717) is 27.5 Å². The van der Waals surface area contributed by atoms with Gasteiger partial charge in [-0.1, -0.05) is 115 Å². The van der Waals surface area contributed by atoms with Crippen LogP contribution >= 0.6 is 0 Å². The highest BCUT2D eigenvalue weighted by Crippen LogP contribution is 2.55. The molecule has 0 amide bonds. The van der Waals surface area contributed by atoms with Gasteiger partial charge in [0.1, 0.15) is 11.5 Å². The van der Waals surface area contributed by atoms with Gasteiger partial charge in [0.05, 0.1) is 5.92 Å². The van der Waals surface area contributed by atoms with Crippen molar-refractivity contribution in [3.8, 4) is 0 Å². The fourth-order valence-electron chi connectivity index (χ4n) is 7.59. The molecule has 1 aliphatic carbocycles. The number of fused-ring (bicyclic) bond motifs is 2. The van der Waals surface area contributed by atoms with Crippen LogP contribution in [0.3, 0.4) is 0 Å². The van der Waals surface area contributed by atoms with E-state index in [4.69, 9.17) is 4.74 Å². The molecule has 5 aromatic rings. The lowest BCUT2D eigenvalue weighted by Gasteiger charge is -2.49. The van der Waals surface area contributed by atoms with Crippen molar-refractivity contribution >= 4 is 27.5 Å². The predicted octanol–water partition coefficient (Wildman–Crippen LogP) is 7.10. The molecule has 0 bridgehead atoms. The van der Waals surface area contributed by atoms with Gasteiger partial charge in [-0.3, -0.25) is 20.2 Å². The largest absolute Gasteiger partial charge is 0.458 e. The molecule has 0 unspecified atom stereocenters. The van der Waals surface area contributed by atoms with Crippen LogP contribution in [0.1, 0.15) is 49.3 Å². The number of carbonyl (C=O) groups is 1. The van der Waals surface area contributed by atoms with Gasteiger partial charge in [-0.05, 0) is 65.4 Å². The maximum Gasteiger partial charge on any atom is 0.346 e. The first-order chi connectivity index (χ1) is 22.4. The van der Waals surface area contributed by atoms with Gasteiger partial charge < -0.3 is 9.84 Å². The number of ether oxygens (including phenoxy) is 1. The summed E-state index contributed by atoms with van der Waals surface area (Å²) in [5.74, 6) is -5.15. The van der Waals surface area contributed by atoms with Crippen LogP contribution in [0.2, 0.25) is 0 Å². The van der Waals surface area contributed by atoms with E-state index in [2.05, 4.69) is 0 Å². The monoisotopic (exact) mass is 632 g/mol. The van der Waals surface area contributed by atoms with Gasteiger partial charge in [-0.15, -0.1) is 0 Å². The van der Waals surface area contributed by atoms with Crippen molar-refractivity contribution in [3.05, 3.63) is 152 Å². The van der Waals surface area contributed by atoms with Crippen LogP contribution in [0.5, 0.6) is 0 Å². The van der Waals surface area contributed by atoms with Crippen molar-refractivity contribution < 1.29 is 24.5 Å². The van der Waals surface area contributed by atoms with Crippen molar-refractivity contribution in [1.82, 2.24) is 0 Å². The van der Waals surface area contributed by atoms with Gasteiger partial charge in [0.2, 0.25) is 11.6 Å². The van der Waals surface area contributed by atoms with Gasteiger partial charge in [-0.2, -0.15) is 0 Å². The summed E-state index contributed by atoms with van der Waals surface area (Å²) in [5.41, 5.74) is -2.38. The van der Waals surface area contributed by atoms with Crippen LogP contribution in [0.15, 0.2) is 115 Å². The van der Waals surface area contributed by atoms with E-state index in [1.54, 1.807) is 81.4 Å². The molecule has 9 heteroatoms. The third-order valence-electron chi connectivity index (χ3n) is 9.39. The van der Waals surface area contributed by atoms with Gasteiger partial charge in [0.25, 0.3) is 6.04 Å². The van der Waals surface area contributed by atoms with Gasteiger partial charge >= 0.3 is 5.97 Å². The van der Waals surface area contributed by atoms with E-state index >= 15 is 0 Å². The highest BCUT2D eigenvalue weighted by Gasteiger charge is 2.73. The Morgan fingerprint density at radius 1 is 0.723 bits per heavy atom. The molecule has 0 aromatic heterocycles. The third-order valence-corrected chi connectivity index (χ3v) is 9.39. The van der Waals surface area contributed by atoms with Crippen LogP contribution < -0.4 is 0 Å². The second kappa shape index (κ2) is 12.2. The van der Waals surface area contributed by atoms with E-state index in [-0.39, 0.29) is 6.42 Å². The molecule has 1 saturated carbocycles. The Morgan fingerprint density at radius 3 is 1.72 bits per heavy atom. The molecule has 1 fully saturated rings. The minimum absolute atomic E-state index is 0.0542. The first-order valence-electron chi connectivity index (χ1n) is 15.6. The van der Waals surface area contributed by atoms with E-state index in [1.165, 1.54) is 0 Å². The quantitative estimate of drug-likeness (QED) is 0.115. The Hall–Kier alpha value is -5.15. The summed E-state index contributed by atoms with van der Waals surface area (Å²) in [6, 6.07) is 30.4. The fourth-order valence-corrected chi connectivity index (χ4v) is 7.59. The highest BCUT2D eigenvalue weighted by atomic mass is 16.6. The Balaban J connectivity index is 1.74. The topological polar surface area (TPSA) is 133 Å². The minimum Gasteiger partial charge on any atom is -0.458 e. The molecule has 6 atom stereocenters. The van der Waals surface area contributed by atoms with Gasteiger partial charge in [-0.25, -0.2) is 4.79 Å². The highest BCUT2D eigenvalue weighted by molar-refractivity contribution is 5.89. The number of benzene rings is 5. The Morgan fingerprint density at radius 2 is 1.21 bits per heavy atom. The maximum absolute atomic E-state index is 14.5. The van der Waals surface area contributed by atoms with Crippen molar-refractivity contribution in [3.63, 3.8) is 0 Å². The number of esters is 1. The molecule has 0 aliphatic heterocycles. The predicted molar refractivity (Wildman–Crippen MR) is 179 cm³/mol. The Bertz CT molecular complexity index is 1960. The Labute approximate surface area is 272 Å². The lowest BCUT2D eigenvalue weighted by atomic mass is 9.55. The zero-order valence-corrected chi connectivity index (χ0v) is 26.4. The standard InChI is InChI=1S/C38H36N2O7/c1-37(2,3)47-36(41)38(42)31(23-24-13-5-4-6-14-24)32(29-21-11-17-25-15-7-9-19-27(25)29)34(39(43)44)33(35(38)40(45)46)30-22-12-18-26-16-8-10-20-28(26)30/h4-22,31-35,42H,23H2,1-3H3/t31-,32+,33-,34+,35+,38-/m1/s1. The summed E-state index contributed by atoms with van der Waals surface area (Å²) in [6.45, 7) is 4.86. The number of rotatable bonds is 7. The van der Waals surface area contributed by atoms with Crippen LogP contribution in [0, 0.1) is 26.1 Å². The molecule has 240 valence electrons. The number of carbonyl (C=O) groups excluding carboxylic acids is 1. The zero-order valence-electron chi connectivity index (χ0n) is 26.4. The van der Waals surface area contributed by atoms with Crippen LogP contribution in [-0.2, 0) is 16.0 Å². The van der Waals surface area contributed by atoms with Crippen molar-refractivity contribution in [2.75, 3.05) is 0 Å². The van der Waals surface area contributed by atoms with E-state index in [9.17, 15) is 30.1 Å². The second-order valence-corrected chi connectivity index (χ2v) is 13.3. The zero-order chi connectivity index (χ0) is 33.5. The summed E-state index contributed by atoms with van der Waals surface area (Å²) in [4.78, 5) is 40.2. The molecular weight excluding hydrogens is 596 g/mol. The number of hydrogen-bond donors (Lipinski definition) is 1. The molecule has 6 rings (SSSR count). The minimum atomic E-state index is -2.78. The second-order valence-electron chi connectivity index (χ2n) is 13.3. The van der Waals surface area contributed by atoms with E-state index in [0.717, 1.165) is 10.8 Å². The summed E-state index contributed by atoms with van der Waals surface area (Å²) in [6.07, 6.45) is -0.0542. The molecule has 5 aromatic carbocycles. The number of nitrogens with zero attached hydrogens (tertiary/aromatic N) is 2. The maximum atomic E-state index is 14.5. The average Bonchev–Trinajstić information content (AvgIpc) is 3.04. The molecule has 0 heterocycles. The lowest BCUT2D eigenvalue weighted by Crippen LogP contribution is -2.70. The fraction of sp³-hybridized carbons (Fsp3) is 0.289. The van der Waals surface area contributed by atoms with Crippen LogP contribution in [0.4, 0.5) is 0 Å². The van der Waals surface area contributed by atoms with Gasteiger partial charge in [0.15, 0.2) is 0 Å². The van der Waals surface area contributed by atoms with Crippen molar-refractivity contribution in [2.45, 2.75) is 62.3 Å². The third kappa shape index (κ3) is 5.72. The summed E-state index contributed by atoms with van der Waals surface area (Å²) >= 11 is 0. The molecule has 1 N–H and O–H groups in total. The van der Waals surface area contributed by atoms with E-state index < -0.39 is 56.9 Å². The lowest BCUT2D eigenvalue weighted by molar-refractivity contribution is -0.594. The number of hydrogen-bond acceptors (Lipinski definition) is 7. The number of nitro groups is 2. The molecule has 9 nitrogen and oxygen atoms in total. The summed E-state index contributed by atoms with van der Waals surface area (Å²) in [5, 5.41) is 42.8. The first-order valence-corrected chi connectivity index (χ1v) is 15.6. The molecule has 0 radical (unpaired) electrons. The van der Waals surface area contributed by atoms with Crippen molar-refractivity contribution in [2.24, 2.45) is 5.92 Å². The molecule has 0 saturated heterocycles. The van der Waals surface area contributed by atoms with E-state index in [1.807, 2.05) is 54.6 Å². The van der Waals surface area contributed by atoms with Crippen LogP contribution in [0.25, 0.3) is 21.5 Å². The van der Waals surface area contributed by atoms with Crippen molar-refractivity contribution in [1.29, 1.82) is 0 Å². The smallest absolute Gasteiger partial charge is 0.346 e.